The molecular weight excluding hydrogens is 609 g/mol. The molecule has 2 amide bonds. The number of carbonyl (C=O) groups is 2. The number of halogens is 1. The Hall–Kier alpha value is -4.84. The van der Waals surface area contributed by atoms with Crippen LogP contribution >= 0.6 is 11.8 Å². The highest BCUT2D eigenvalue weighted by atomic mass is 32.2. The largest absolute Gasteiger partial charge is 0.493 e. The van der Waals surface area contributed by atoms with Gasteiger partial charge in [-0.25, -0.2) is 14.4 Å². The Morgan fingerprint density at radius 2 is 1.46 bits per heavy atom. The fourth-order valence-electron chi connectivity index (χ4n) is 4.86. The average Bonchev–Trinajstić information content (AvgIpc) is 3.03. The van der Waals surface area contributed by atoms with Crippen LogP contribution in [0.15, 0.2) is 71.9 Å². The highest BCUT2D eigenvalue weighted by molar-refractivity contribution is 7.99. The Morgan fingerprint density at radius 3 is 1.98 bits per heavy atom. The van der Waals surface area contributed by atoms with Crippen molar-refractivity contribution in [3.63, 3.8) is 0 Å². The third kappa shape index (κ3) is 8.45. The van der Waals surface area contributed by atoms with Crippen LogP contribution in [0.5, 0.6) is 17.2 Å². The quantitative estimate of drug-likeness (QED) is 0.142. The molecule has 12 heteroatoms. The molecule has 1 N–H and O–H groups in total. The normalized spacial score (nSPS) is 11.4. The van der Waals surface area contributed by atoms with Gasteiger partial charge in [-0.3, -0.25) is 9.59 Å². The third-order valence-corrected chi connectivity index (χ3v) is 7.92. The van der Waals surface area contributed by atoms with Crippen molar-refractivity contribution in [2.24, 2.45) is 0 Å². The summed E-state index contributed by atoms with van der Waals surface area (Å²) in [5.74, 6) is -0.343. The lowest BCUT2D eigenvalue weighted by molar-refractivity contribution is -0.137. The van der Waals surface area contributed by atoms with E-state index in [1.807, 2.05) is 51.0 Å². The van der Waals surface area contributed by atoms with E-state index >= 15 is 0 Å². The molecule has 242 valence electrons. The number of ether oxygens (including phenoxy) is 3. The molecule has 0 radical (unpaired) electrons. The molecular formula is C34H38FN5O5S. The van der Waals surface area contributed by atoms with Gasteiger partial charge >= 0.3 is 0 Å². The number of nitrogens with one attached hydrogen (secondary N) is 1. The lowest BCUT2D eigenvalue weighted by atomic mass is 10.0. The average molecular weight is 648 g/mol. The van der Waals surface area contributed by atoms with Crippen LogP contribution in [0.25, 0.3) is 0 Å². The Labute approximate surface area is 272 Å². The highest BCUT2D eigenvalue weighted by Gasteiger charge is 2.34. The van der Waals surface area contributed by atoms with Gasteiger partial charge in [0.15, 0.2) is 16.7 Å². The van der Waals surface area contributed by atoms with E-state index in [1.54, 1.807) is 36.4 Å². The molecule has 4 rings (SSSR count). The minimum Gasteiger partial charge on any atom is -0.493 e. The van der Waals surface area contributed by atoms with E-state index in [9.17, 15) is 14.0 Å². The second kappa shape index (κ2) is 15.4. The van der Waals surface area contributed by atoms with Crippen LogP contribution in [0, 0.1) is 19.7 Å². The Balaban J connectivity index is 1.81. The molecule has 0 spiro atoms. The number of aryl methyl sites for hydroxylation is 2. The van der Waals surface area contributed by atoms with E-state index in [0.29, 0.717) is 39.2 Å². The maximum atomic E-state index is 14.3. The van der Waals surface area contributed by atoms with E-state index in [2.05, 4.69) is 15.3 Å². The number of amides is 2. The Kier molecular flexibility index (Phi) is 11.4. The van der Waals surface area contributed by atoms with Crippen molar-refractivity contribution in [3.8, 4) is 17.2 Å². The van der Waals surface area contributed by atoms with Gasteiger partial charge in [0.05, 0.1) is 27.1 Å². The van der Waals surface area contributed by atoms with Gasteiger partial charge in [-0.2, -0.15) is 0 Å². The number of aromatic nitrogens is 2. The molecule has 0 fully saturated rings. The second-order valence-electron chi connectivity index (χ2n) is 10.7. The van der Waals surface area contributed by atoms with Gasteiger partial charge in [-0.1, -0.05) is 23.9 Å². The fourth-order valence-corrected chi connectivity index (χ4v) is 5.70. The number of rotatable bonds is 13. The van der Waals surface area contributed by atoms with E-state index in [1.165, 1.54) is 50.1 Å². The monoisotopic (exact) mass is 647 g/mol. The van der Waals surface area contributed by atoms with Crippen molar-refractivity contribution in [3.05, 3.63) is 95.1 Å². The summed E-state index contributed by atoms with van der Waals surface area (Å²) in [5, 5.41) is 3.42. The summed E-state index contributed by atoms with van der Waals surface area (Å²) in [4.78, 5) is 40.8. The number of carbonyl (C=O) groups excluding carboxylic acids is 2. The molecule has 0 saturated heterocycles. The Morgan fingerprint density at radius 1 is 0.870 bits per heavy atom. The van der Waals surface area contributed by atoms with Gasteiger partial charge in [-0.15, -0.1) is 0 Å². The van der Waals surface area contributed by atoms with Gasteiger partial charge in [0.2, 0.25) is 11.7 Å². The molecule has 0 saturated carbocycles. The summed E-state index contributed by atoms with van der Waals surface area (Å²) in [5.41, 5.74) is 4.10. The molecule has 0 bridgehead atoms. The molecule has 0 aliphatic rings. The number of nitrogens with zero attached hydrogens (tertiary/aromatic N) is 4. The van der Waals surface area contributed by atoms with Crippen molar-refractivity contribution in [2.45, 2.75) is 31.6 Å². The van der Waals surface area contributed by atoms with Gasteiger partial charge < -0.3 is 29.3 Å². The second-order valence-corrected chi connectivity index (χ2v) is 11.6. The predicted octanol–water partition coefficient (Wildman–Crippen LogP) is 5.83. The molecule has 1 heterocycles. The number of methoxy groups -OCH3 is 3. The molecule has 1 atom stereocenters. The van der Waals surface area contributed by atoms with Crippen LogP contribution in [0.3, 0.4) is 0 Å². The van der Waals surface area contributed by atoms with Crippen LogP contribution in [0.2, 0.25) is 0 Å². The van der Waals surface area contributed by atoms with E-state index in [-0.39, 0.29) is 18.2 Å². The van der Waals surface area contributed by atoms with Crippen molar-refractivity contribution in [2.75, 3.05) is 51.4 Å². The summed E-state index contributed by atoms with van der Waals surface area (Å²) in [6, 6.07) is 17.1. The number of hydrogen-bond acceptors (Lipinski definition) is 9. The summed E-state index contributed by atoms with van der Waals surface area (Å²) in [6.45, 7) is 3.72. The van der Waals surface area contributed by atoms with Gasteiger partial charge in [0.25, 0.3) is 5.91 Å². The van der Waals surface area contributed by atoms with Crippen molar-refractivity contribution in [1.29, 1.82) is 0 Å². The maximum Gasteiger partial charge on any atom is 0.251 e. The SMILES string of the molecule is COc1cc(C(C(=O)Nc2ccc(N(C)C)cc2)N(Cc2ccc(F)cc2)C(=O)CSc2nc(C)cc(C)n2)cc(OC)c1OC. The molecule has 1 unspecified atom stereocenters. The molecule has 0 aliphatic carbocycles. The maximum absolute atomic E-state index is 14.3. The number of benzene rings is 3. The van der Waals surface area contributed by atoms with Gasteiger partial charge in [0.1, 0.15) is 11.9 Å². The minimum atomic E-state index is -1.17. The molecule has 0 aliphatic heterocycles. The number of thioether (sulfide) groups is 1. The first-order valence-electron chi connectivity index (χ1n) is 14.4. The lowest BCUT2D eigenvalue weighted by Crippen LogP contribution is -2.42. The number of anilines is 2. The van der Waals surface area contributed by atoms with Crippen LogP contribution in [-0.4, -0.2) is 67.9 Å². The first kappa shape index (κ1) is 34.0. The van der Waals surface area contributed by atoms with Gasteiger partial charge in [-0.05, 0) is 79.6 Å². The summed E-state index contributed by atoms with van der Waals surface area (Å²) in [6.07, 6.45) is 0. The zero-order chi connectivity index (χ0) is 33.4. The topological polar surface area (TPSA) is 106 Å². The lowest BCUT2D eigenvalue weighted by Gasteiger charge is -2.32. The highest BCUT2D eigenvalue weighted by Crippen LogP contribution is 2.41. The van der Waals surface area contributed by atoms with Crippen LogP contribution in [0.4, 0.5) is 15.8 Å². The van der Waals surface area contributed by atoms with Crippen molar-refractivity contribution < 1.29 is 28.2 Å². The third-order valence-electron chi connectivity index (χ3n) is 7.09. The molecule has 10 nitrogen and oxygen atoms in total. The molecule has 46 heavy (non-hydrogen) atoms. The van der Waals surface area contributed by atoms with Crippen LogP contribution in [0.1, 0.15) is 28.6 Å². The molecule has 4 aromatic rings. The fraction of sp³-hybridized carbons (Fsp3) is 0.294. The standard InChI is InChI=1S/C34H38FN5O5S/c1-21-16-22(2)37-34(36-21)46-20-30(41)40(19-23-8-10-25(35)11-9-23)31(24-17-28(43-5)32(45-7)29(18-24)44-6)33(42)38-26-12-14-27(15-13-26)39(3)4/h8-18,31H,19-20H2,1-7H3,(H,38,42). The van der Waals surface area contributed by atoms with Crippen molar-refractivity contribution in [1.82, 2.24) is 14.9 Å². The number of hydrogen-bond donors (Lipinski definition) is 1. The predicted molar refractivity (Wildman–Crippen MR) is 177 cm³/mol. The summed E-state index contributed by atoms with van der Waals surface area (Å²) >= 11 is 1.17. The first-order valence-corrected chi connectivity index (χ1v) is 15.4. The Bertz CT molecular complexity index is 1620. The van der Waals surface area contributed by atoms with E-state index in [4.69, 9.17) is 14.2 Å². The zero-order valence-corrected chi connectivity index (χ0v) is 27.8. The molecule has 1 aromatic heterocycles. The summed E-state index contributed by atoms with van der Waals surface area (Å²) in [7, 11) is 8.29. The molecule has 3 aromatic carbocycles. The van der Waals surface area contributed by atoms with E-state index in [0.717, 1.165) is 17.1 Å². The minimum absolute atomic E-state index is 0.00168. The van der Waals surface area contributed by atoms with Gasteiger partial charge in [0, 0.05) is 43.4 Å². The van der Waals surface area contributed by atoms with Crippen LogP contribution < -0.4 is 24.4 Å². The van der Waals surface area contributed by atoms with Crippen molar-refractivity contribution >= 4 is 35.0 Å². The van der Waals surface area contributed by atoms with E-state index < -0.39 is 17.8 Å². The summed E-state index contributed by atoms with van der Waals surface area (Å²) < 4.78 is 30.6. The first-order chi connectivity index (χ1) is 22.0. The smallest absolute Gasteiger partial charge is 0.251 e. The zero-order valence-electron chi connectivity index (χ0n) is 27.0. The van der Waals surface area contributed by atoms with Crippen LogP contribution in [-0.2, 0) is 16.1 Å².